The minimum Gasteiger partial charge on any atom is -0.491 e. The van der Waals surface area contributed by atoms with E-state index in [4.69, 9.17) is 9.47 Å². The second-order valence-electron chi connectivity index (χ2n) is 5.50. The van der Waals surface area contributed by atoms with Gasteiger partial charge in [0.15, 0.2) is 5.96 Å². The van der Waals surface area contributed by atoms with E-state index in [1.165, 1.54) is 10.5 Å². The second kappa shape index (κ2) is 14.6. The molecule has 2 rings (SSSR count). The molecule has 0 radical (unpaired) electrons. The monoisotopic (exact) mass is 501 g/mol. The maximum atomic E-state index is 5.57. The van der Waals surface area contributed by atoms with Gasteiger partial charge in [-0.1, -0.05) is 30.3 Å². The van der Waals surface area contributed by atoms with E-state index in [9.17, 15) is 0 Å². The number of guanidine groups is 1. The molecule has 2 aromatic carbocycles. The van der Waals surface area contributed by atoms with Crippen LogP contribution in [-0.2, 0) is 11.3 Å². The van der Waals surface area contributed by atoms with Gasteiger partial charge in [-0.15, -0.1) is 35.7 Å². The fourth-order valence-corrected chi connectivity index (χ4v) is 3.00. The molecule has 0 fully saturated rings. The van der Waals surface area contributed by atoms with Crippen molar-refractivity contribution < 1.29 is 9.47 Å². The van der Waals surface area contributed by atoms with E-state index in [0.717, 1.165) is 24.0 Å². The van der Waals surface area contributed by atoms with Crippen LogP contribution in [0.5, 0.6) is 5.75 Å². The van der Waals surface area contributed by atoms with Crippen molar-refractivity contribution in [3.05, 3.63) is 60.2 Å². The highest BCUT2D eigenvalue weighted by molar-refractivity contribution is 14.0. The van der Waals surface area contributed by atoms with Crippen LogP contribution in [0.25, 0.3) is 0 Å². The molecule has 0 atom stereocenters. The Kier molecular flexibility index (Phi) is 12.7. The summed E-state index contributed by atoms with van der Waals surface area (Å²) in [5.41, 5.74) is 1.17. The number of nitrogens with one attached hydrogen (secondary N) is 2. The number of methoxy groups -OCH3 is 1. The Bertz CT molecular complexity index is 654. The maximum Gasteiger partial charge on any atom is 0.191 e. The quantitative estimate of drug-likeness (QED) is 0.171. The van der Waals surface area contributed by atoms with Crippen LogP contribution >= 0.6 is 35.7 Å². The predicted octanol–water partition coefficient (Wildman–Crippen LogP) is 3.79. The van der Waals surface area contributed by atoms with Crippen molar-refractivity contribution in [3.8, 4) is 5.75 Å². The van der Waals surface area contributed by atoms with Crippen LogP contribution in [0.4, 0.5) is 0 Å². The number of hydrogen-bond donors (Lipinski definition) is 2. The molecule has 0 heterocycles. The Morgan fingerprint density at radius 1 is 1.00 bits per heavy atom. The van der Waals surface area contributed by atoms with Gasteiger partial charge in [0.2, 0.25) is 0 Å². The molecule has 0 aromatic heterocycles. The molecule has 0 aliphatic carbocycles. The van der Waals surface area contributed by atoms with Crippen molar-refractivity contribution >= 4 is 41.7 Å². The molecule has 0 aliphatic rings. The number of halogens is 1. The van der Waals surface area contributed by atoms with Gasteiger partial charge in [-0.05, 0) is 29.8 Å². The van der Waals surface area contributed by atoms with Crippen LogP contribution in [0.2, 0.25) is 0 Å². The molecule has 2 N–H and O–H groups in total. The normalized spacial score (nSPS) is 10.8. The molecule has 0 amide bonds. The van der Waals surface area contributed by atoms with E-state index in [1.54, 1.807) is 14.2 Å². The third-order valence-electron chi connectivity index (χ3n) is 3.57. The molecular formula is C20H28IN3O2S. The van der Waals surface area contributed by atoms with E-state index < -0.39 is 0 Å². The molecule has 0 bridgehead atoms. The lowest BCUT2D eigenvalue weighted by molar-refractivity contribution is 0.146. The first-order valence-electron chi connectivity index (χ1n) is 8.65. The van der Waals surface area contributed by atoms with Gasteiger partial charge in [0.1, 0.15) is 12.4 Å². The van der Waals surface area contributed by atoms with Gasteiger partial charge in [0.05, 0.1) is 6.61 Å². The summed E-state index contributed by atoms with van der Waals surface area (Å²) in [6.07, 6.45) is 0. The topological polar surface area (TPSA) is 54.9 Å². The molecule has 5 nitrogen and oxygen atoms in total. The first-order chi connectivity index (χ1) is 12.8. The Labute approximate surface area is 183 Å². The summed E-state index contributed by atoms with van der Waals surface area (Å²) >= 11 is 1.83. The zero-order valence-corrected chi connectivity index (χ0v) is 19.0. The number of benzene rings is 2. The Morgan fingerprint density at radius 3 is 2.41 bits per heavy atom. The van der Waals surface area contributed by atoms with Gasteiger partial charge >= 0.3 is 0 Å². The van der Waals surface area contributed by atoms with Crippen LogP contribution < -0.4 is 15.4 Å². The summed E-state index contributed by atoms with van der Waals surface area (Å²) in [5, 5.41) is 6.66. The minimum atomic E-state index is 0. The average molecular weight is 501 g/mol. The third-order valence-corrected chi connectivity index (χ3v) is 4.58. The van der Waals surface area contributed by atoms with Crippen molar-refractivity contribution in [2.75, 3.05) is 39.7 Å². The predicted molar refractivity (Wildman–Crippen MR) is 125 cm³/mol. The van der Waals surface area contributed by atoms with Gasteiger partial charge in [0.25, 0.3) is 0 Å². The average Bonchev–Trinajstić information content (AvgIpc) is 2.69. The zero-order valence-electron chi connectivity index (χ0n) is 15.8. The van der Waals surface area contributed by atoms with E-state index in [2.05, 4.69) is 39.9 Å². The SMILES string of the molecule is CN=C(NCCSc1ccccc1)NCc1ccc(OCCOC)cc1.I. The Balaban J connectivity index is 0.00000364. The van der Waals surface area contributed by atoms with Gasteiger partial charge in [0, 0.05) is 37.9 Å². The van der Waals surface area contributed by atoms with E-state index in [0.29, 0.717) is 19.8 Å². The molecule has 0 spiro atoms. The third kappa shape index (κ3) is 9.88. The lowest BCUT2D eigenvalue weighted by atomic mass is 10.2. The first-order valence-corrected chi connectivity index (χ1v) is 9.63. The number of rotatable bonds is 10. The Morgan fingerprint density at radius 2 is 1.74 bits per heavy atom. The van der Waals surface area contributed by atoms with Crippen LogP contribution in [0.1, 0.15) is 5.56 Å². The second-order valence-corrected chi connectivity index (χ2v) is 6.67. The molecule has 0 unspecified atom stereocenters. The van der Waals surface area contributed by atoms with Crippen LogP contribution in [0.3, 0.4) is 0 Å². The lowest BCUT2D eigenvalue weighted by Crippen LogP contribution is -2.37. The van der Waals surface area contributed by atoms with Crippen molar-refractivity contribution in [3.63, 3.8) is 0 Å². The van der Waals surface area contributed by atoms with E-state index in [-0.39, 0.29) is 24.0 Å². The molecule has 0 aliphatic heterocycles. The highest BCUT2D eigenvalue weighted by atomic mass is 127. The van der Waals surface area contributed by atoms with Crippen molar-refractivity contribution in [2.45, 2.75) is 11.4 Å². The lowest BCUT2D eigenvalue weighted by Gasteiger charge is -2.12. The van der Waals surface area contributed by atoms with Crippen molar-refractivity contribution in [1.82, 2.24) is 10.6 Å². The van der Waals surface area contributed by atoms with Gasteiger partial charge < -0.3 is 20.1 Å². The number of nitrogens with zero attached hydrogens (tertiary/aromatic N) is 1. The van der Waals surface area contributed by atoms with Gasteiger partial charge in [-0.2, -0.15) is 0 Å². The van der Waals surface area contributed by atoms with Crippen LogP contribution in [0, 0.1) is 0 Å². The maximum absolute atomic E-state index is 5.57. The highest BCUT2D eigenvalue weighted by Gasteiger charge is 2.00. The standard InChI is InChI=1S/C20H27N3O2S.HI/c1-21-20(22-12-15-26-19-6-4-3-5-7-19)23-16-17-8-10-18(11-9-17)25-14-13-24-2;/h3-11H,12-16H2,1-2H3,(H2,21,22,23);1H. The van der Waals surface area contributed by atoms with E-state index >= 15 is 0 Å². The summed E-state index contributed by atoms with van der Waals surface area (Å²) in [6, 6.07) is 18.4. The van der Waals surface area contributed by atoms with Gasteiger partial charge in [-0.3, -0.25) is 4.99 Å². The smallest absolute Gasteiger partial charge is 0.191 e. The molecule has 0 saturated carbocycles. The summed E-state index contributed by atoms with van der Waals surface area (Å²) in [7, 11) is 3.45. The zero-order chi connectivity index (χ0) is 18.5. The number of aliphatic imine (C=N–C) groups is 1. The molecule has 27 heavy (non-hydrogen) atoms. The summed E-state index contributed by atoms with van der Waals surface area (Å²) in [5.74, 6) is 2.64. The fraction of sp³-hybridized carbons (Fsp3) is 0.350. The Hall–Kier alpha value is -1.45. The number of thioether (sulfide) groups is 1. The van der Waals surface area contributed by atoms with Crippen LogP contribution in [-0.4, -0.2) is 45.6 Å². The molecule has 0 saturated heterocycles. The largest absolute Gasteiger partial charge is 0.491 e. The van der Waals surface area contributed by atoms with Crippen LogP contribution in [0.15, 0.2) is 64.5 Å². The summed E-state index contributed by atoms with van der Waals surface area (Å²) < 4.78 is 10.5. The summed E-state index contributed by atoms with van der Waals surface area (Å²) in [4.78, 5) is 5.54. The van der Waals surface area contributed by atoms with Crippen molar-refractivity contribution in [2.24, 2.45) is 4.99 Å². The fourth-order valence-electron chi connectivity index (χ4n) is 2.21. The summed E-state index contributed by atoms with van der Waals surface area (Å²) in [6.45, 7) is 2.72. The van der Waals surface area contributed by atoms with Gasteiger partial charge in [-0.25, -0.2) is 0 Å². The number of ether oxygens (including phenoxy) is 2. The molecular weight excluding hydrogens is 473 g/mol. The van der Waals surface area contributed by atoms with E-state index in [1.807, 2.05) is 42.1 Å². The molecule has 7 heteroatoms. The highest BCUT2D eigenvalue weighted by Crippen LogP contribution is 2.15. The van der Waals surface area contributed by atoms with Crippen molar-refractivity contribution in [1.29, 1.82) is 0 Å². The first kappa shape index (κ1) is 23.6. The molecule has 148 valence electrons. The minimum absolute atomic E-state index is 0. The number of hydrogen-bond acceptors (Lipinski definition) is 4. The molecule has 2 aromatic rings.